The van der Waals surface area contributed by atoms with Crippen LogP contribution in [0.5, 0.6) is 5.75 Å². The Kier molecular flexibility index (Phi) is 11.2. The maximum absolute atomic E-state index is 13.4. The zero-order valence-corrected chi connectivity index (χ0v) is 33.5. The van der Waals surface area contributed by atoms with Gasteiger partial charge >= 0.3 is 0 Å². The maximum atomic E-state index is 13.4. The number of hydrogen-bond acceptors (Lipinski definition) is 8. The van der Waals surface area contributed by atoms with Crippen LogP contribution in [0.2, 0.25) is 5.02 Å². The summed E-state index contributed by atoms with van der Waals surface area (Å²) in [5.41, 5.74) is 4.30. The number of hydrogen-bond donors (Lipinski definition) is 2. The van der Waals surface area contributed by atoms with Gasteiger partial charge in [0.2, 0.25) is 11.8 Å². The molecular weight excluding hydrogens is 728 g/mol. The summed E-state index contributed by atoms with van der Waals surface area (Å²) < 4.78 is 6.37. The second kappa shape index (κ2) is 15.9. The van der Waals surface area contributed by atoms with Crippen molar-refractivity contribution in [3.8, 4) is 11.8 Å². The molecule has 3 aliphatic heterocycles. The highest BCUT2D eigenvalue weighted by Crippen LogP contribution is 2.55. The number of nitrogens with one attached hydrogen (secondary N) is 2. The van der Waals surface area contributed by atoms with E-state index >= 15 is 0 Å². The van der Waals surface area contributed by atoms with Crippen LogP contribution < -0.4 is 20.3 Å². The third-order valence-corrected chi connectivity index (χ3v) is 12.6. The van der Waals surface area contributed by atoms with E-state index < -0.39 is 6.04 Å². The average Bonchev–Trinajstić information content (AvgIpc) is 3.50. The number of imide groups is 1. The number of halogens is 1. The molecule has 1 atom stereocenters. The van der Waals surface area contributed by atoms with E-state index in [1.165, 1.54) is 5.56 Å². The van der Waals surface area contributed by atoms with Crippen LogP contribution in [0.1, 0.15) is 97.2 Å². The molecule has 3 heterocycles. The maximum Gasteiger partial charge on any atom is 0.255 e. The molecule has 0 bridgehead atoms. The van der Waals surface area contributed by atoms with Crippen LogP contribution in [-0.4, -0.2) is 84.3 Å². The van der Waals surface area contributed by atoms with Crippen LogP contribution >= 0.6 is 11.6 Å². The third-order valence-electron chi connectivity index (χ3n) is 12.3. The lowest BCUT2D eigenvalue weighted by Crippen LogP contribution is -2.74. The summed E-state index contributed by atoms with van der Waals surface area (Å²) in [6.07, 6.45) is 4.78. The SMILES string of the molecule is CC1(C)C(NC(=O)c2ccc(CCCCCN3CCN(c4ccc5c(c4)CN(C4CCC(=O)NC4=O)C5=O)CC3)cc2)C(C)(C)C1Oc1ccc(C#N)c(Cl)c1. The number of piperidine rings is 1. The zero-order valence-electron chi connectivity index (χ0n) is 32.7. The van der Waals surface area contributed by atoms with E-state index in [2.05, 4.69) is 72.4 Å². The Bertz CT molecular complexity index is 2030. The largest absolute Gasteiger partial charge is 0.489 e. The smallest absolute Gasteiger partial charge is 0.255 e. The normalized spacial score (nSPS) is 22.9. The van der Waals surface area contributed by atoms with Gasteiger partial charge in [0, 0.05) is 78.9 Å². The van der Waals surface area contributed by atoms with Crippen molar-refractivity contribution in [3.05, 3.63) is 93.5 Å². The van der Waals surface area contributed by atoms with Gasteiger partial charge in [-0.3, -0.25) is 29.4 Å². The van der Waals surface area contributed by atoms with Crippen LogP contribution in [0.15, 0.2) is 60.7 Å². The van der Waals surface area contributed by atoms with Gasteiger partial charge in [0.1, 0.15) is 24.0 Å². The monoisotopic (exact) mass is 778 g/mol. The Balaban J connectivity index is 0.810. The number of nitrogens with zero attached hydrogens (tertiary/aromatic N) is 4. The minimum absolute atomic E-state index is 0.0923. The van der Waals surface area contributed by atoms with Crippen molar-refractivity contribution in [2.45, 2.75) is 91.0 Å². The molecule has 0 spiro atoms. The molecule has 1 aliphatic carbocycles. The highest BCUT2D eigenvalue weighted by Gasteiger charge is 2.64. The van der Waals surface area contributed by atoms with Gasteiger partial charge in [0.15, 0.2) is 0 Å². The number of benzene rings is 3. The first-order valence-corrected chi connectivity index (χ1v) is 20.1. The molecule has 1 unspecified atom stereocenters. The Hall–Kier alpha value is -4.92. The van der Waals surface area contributed by atoms with Gasteiger partial charge in [-0.15, -0.1) is 0 Å². The molecule has 12 heteroatoms. The first-order valence-electron chi connectivity index (χ1n) is 19.8. The van der Waals surface area contributed by atoms with Gasteiger partial charge in [-0.25, -0.2) is 0 Å². The lowest BCUT2D eigenvalue weighted by Gasteiger charge is -2.63. The predicted octanol–water partition coefficient (Wildman–Crippen LogP) is 6.12. The first kappa shape index (κ1) is 39.3. The zero-order chi connectivity index (χ0) is 39.8. The number of carbonyl (C=O) groups excluding carboxylic acids is 4. The molecule has 3 aromatic rings. The van der Waals surface area contributed by atoms with Gasteiger partial charge < -0.3 is 19.9 Å². The van der Waals surface area contributed by atoms with Crippen LogP contribution in [0.25, 0.3) is 0 Å². The predicted molar refractivity (Wildman–Crippen MR) is 215 cm³/mol. The topological polar surface area (TPSA) is 135 Å². The molecule has 7 rings (SSSR count). The number of nitriles is 1. The van der Waals surface area contributed by atoms with E-state index in [1.54, 1.807) is 23.1 Å². The van der Waals surface area contributed by atoms with Crippen molar-refractivity contribution in [3.63, 3.8) is 0 Å². The molecule has 56 heavy (non-hydrogen) atoms. The fourth-order valence-corrected chi connectivity index (χ4v) is 9.67. The highest BCUT2D eigenvalue weighted by molar-refractivity contribution is 6.31. The molecule has 2 saturated heterocycles. The van der Waals surface area contributed by atoms with Crippen LogP contribution in [0.4, 0.5) is 5.69 Å². The summed E-state index contributed by atoms with van der Waals surface area (Å²) >= 11 is 6.24. The number of aryl methyl sites for hydroxylation is 1. The molecule has 0 aromatic heterocycles. The number of piperazine rings is 1. The van der Waals surface area contributed by atoms with Crippen LogP contribution in [-0.2, 0) is 22.6 Å². The lowest BCUT2D eigenvalue weighted by atomic mass is 9.49. The summed E-state index contributed by atoms with van der Waals surface area (Å²) in [5, 5.41) is 15.2. The van der Waals surface area contributed by atoms with Crippen molar-refractivity contribution >= 4 is 40.9 Å². The fraction of sp³-hybridized carbons (Fsp3) is 0.477. The molecule has 11 nitrogen and oxygen atoms in total. The van der Waals surface area contributed by atoms with E-state index in [9.17, 15) is 24.4 Å². The van der Waals surface area contributed by atoms with Crippen molar-refractivity contribution in [1.82, 2.24) is 20.4 Å². The fourth-order valence-electron chi connectivity index (χ4n) is 9.46. The highest BCUT2D eigenvalue weighted by atomic mass is 35.5. The second-order valence-corrected chi connectivity index (χ2v) is 17.3. The summed E-state index contributed by atoms with van der Waals surface area (Å²) in [7, 11) is 0. The van der Waals surface area contributed by atoms with E-state index in [-0.39, 0.29) is 53.0 Å². The number of rotatable bonds is 12. The standard InChI is InChI=1S/C44H51ClN6O5/c1-43(2)41(44(3,4)42(43)56-33-15-13-30(26-46)35(45)25-33)48-38(53)29-11-9-28(10-12-29)8-6-5-7-19-49-20-22-50(23-21-49)32-14-16-34-31(24-32)27-51(40(34)55)36-17-18-37(52)47-39(36)54/h9-16,24-25,36,41-42H,5-8,17-23,27H2,1-4H3,(H,48,53)(H,47,52,54). The minimum atomic E-state index is -0.599. The number of amides is 4. The number of unbranched alkanes of at least 4 members (excludes halogenated alkanes) is 2. The molecule has 2 N–H and O–H groups in total. The van der Waals surface area contributed by atoms with E-state index in [0.717, 1.165) is 69.7 Å². The molecular formula is C44H51ClN6O5. The quantitative estimate of drug-likeness (QED) is 0.166. The molecule has 4 aliphatic rings. The average molecular weight is 779 g/mol. The lowest BCUT2D eigenvalue weighted by molar-refractivity contribution is -0.164. The van der Waals surface area contributed by atoms with E-state index in [1.807, 2.05) is 24.3 Å². The van der Waals surface area contributed by atoms with E-state index in [4.69, 9.17) is 16.3 Å². The molecule has 4 amide bonds. The van der Waals surface area contributed by atoms with Crippen molar-refractivity contribution < 1.29 is 23.9 Å². The van der Waals surface area contributed by atoms with E-state index in [0.29, 0.717) is 40.4 Å². The Morgan fingerprint density at radius 1 is 0.946 bits per heavy atom. The van der Waals surface area contributed by atoms with Crippen LogP contribution in [0, 0.1) is 22.2 Å². The Morgan fingerprint density at radius 3 is 2.36 bits per heavy atom. The van der Waals surface area contributed by atoms with Crippen LogP contribution in [0.3, 0.4) is 0 Å². The summed E-state index contributed by atoms with van der Waals surface area (Å²) in [6, 6.07) is 20.4. The van der Waals surface area contributed by atoms with Crippen molar-refractivity contribution in [2.24, 2.45) is 10.8 Å². The van der Waals surface area contributed by atoms with Crippen molar-refractivity contribution in [2.75, 3.05) is 37.6 Å². The number of carbonyl (C=O) groups is 4. The molecule has 3 fully saturated rings. The third kappa shape index (κ3) is 7.87. The van der Waals surface area contributed by atoms with Gasteiger partial charge in [-0.2, -0.15) is 5.26 Å². The number of anilines is 1. The molecule has 0 radical (unpaired) electrons. The minimum Gasteiger partial charge on any atom is -0.489 e. The summed E-state index contributed by atoms with van der Waals surface area (Å²) in [6.45, 7) is 13.7. The van der Waals surface area contributed by atoms with Gasteiger partial charge in [-0.05, 0) is 85.8 Å². The number of ether oxygens (including phenoxy) is 1. The molecule has 1 saturated carbocycles. The number of fused-ring (bicyclic) bond motifs is 1. The second-order valence-electron chi connectivity index (χ2n) is 16.9. The molecule has 294 valence electrons. The van der Waals surface area contributed by atoms with Gasteiger partial charge in [0.25, 0.3) is 11.8 Å². The summed E-state index contributed by atoms with van der Waals surface area (Å²) in [5.74, 6) is -0.291. The van der Waals surface area contributed by atoms with Gasteiger partial charge in [0.05, 0.1) is 10.6 Å². The Morgan fingerprint density at radius 2 is 1.68 bits per heavy atom. The van der Waals surface area contributed by atoms with Crippen molar-refractivity contribution in [1.29, 1.82) is 5.26 Å². The summed E-state index contributed by atoms with van der Waals surface area (Å²) in [4.78, 5) is 56.9. The Labute approximate surface area is 334 Å². The first-order chi connectivity index (χ1) is 26.8. The van der Waals surface area contributed by atoms with Gasteiger partial charge in [-0.1, -0.05) is 57.8 Å². The molecule has 3 aromatic carbocycles.